The molecule has 0 spiro atoms. The van der Waals surface area contributed by atoms with E-state index < -0.39 is 46.9 Å². The number of aryl methyl sites for hydroxylation is 3. The number of aldehydes is 1. The van der Waals surface area contributed by atoms with Crippen LogP contribution in [0.5, 0.6) is 0 Å². The van der Waals surface area contributed by atoms with Gasteiger partial charge in [0.1, 0.15) is 29.4 Å². The van der Waals surface area contributed by atoms with E-state index >= 15 is 0 Å². The van der Waals surface area contributed by atoms with Crippen LogP contribution in [0.25, 0.3) is 0 Å². The third-order valence-electron chi connectivity index (χ3n) is 17.8. The number of hydrogen-bond acceptors (Lipinski definition) is 13. The van der Waals surface area contributed by atoms with Crippen molar-refractivity contribution in [3.63, 3.8) is 0 Å². The molecule has 0 aliphatic carbocycles. The molecule has 0 radical (unpaired) electrons. The van der Waals surface area contributed by atoms with Crippen LogP contribution in [-0.2, 0) is 50.6 Å². The Morgan fingerprint density at radius 3 is 1.14 bits per heavy atom. The number of carbonyl (C=O) groups excluding carboxylic acids is 4. The Kier molecular flexibility index (Phi) is 47.4. The number of ketones is 3. The van der Waals surface area contributed by atoms with Crippen LogP contribution >= 0.6 is 95.6 Å². The zero-order valence-electron chi connectivity index (χ0n) is 66.8. The first kappa shape index (κ1) is 109. The van der Waals surface area contributed by atoms with E-state index in [2.05, 4.69) is 102 Å². The van der Waals surface area contributed by atoms with Crippen molar-refractivity contribution in [2.75, 3.05) is 11.5 Å². The summed E-state index contributed by atoms with van der Waals surface area (Å²) in [5, 5.41) is 10.9. The molecule has 10 aromatic carbocycles. The van der Waals surface area contributed by atoms with Gasteiger partial charge in [-0.15, -0.1) is 12.1 Å². The van der Waals surface area contributed by atoms with Gasteiger partial charge in [-0.2, -0.15) is 18.2 Å². The molecule has 2 saturated heterocycles. The largest absolute Gasteiger partial charge is 2.00 e. The molecule has 0 amide bonds. The minimum absolute atomic E-state index is 0. The minimum Gasteiger partial charge on any atom is -1.00 e. The van der Waals surface area contributed by atoms with E-state index in [1.807, 2.05) is 149 Å². The maximum atomic E-state index is 12.9. The van der Waals surface area contributed by atoms with Crippen molar-refractivity contribution in [3.05, 3.63) is 348 Å². The van der Waals surface area contributed by atoms with Crippen LogP contribution in [-0.4, -0.2) is 117 Å². The van der Waals surface area contributed by atoms with Crippen LogP contribution in [0.4, 0.5) is 22.0 Å². The second-order valence-electron chi connectivity index (χ2n) is 27.6. The molecule has 10 aromatic rings. The minimum atomic E-state index is -3.17. The third kappa shape index (κ3) is 34.7. The Morgan fingerprint density at radius 2 is 0.803 bits per heavy atom. The van der Waals surface area contributed by atoms with Crippen LogP contribution in [0, 0.1) is 55.9 Å². The predicted molar refractivity (Wildman–Crippen MR) is 469 cm³/mol. The van der Waals surface area contributed by atoms with Crippen LogP contribution in [0.3, 0.4) is 0 Å². The van der Waals surface area contributed by atoms with Gasteiger partial charge in [-0.05, 0) is 238 Å². The zero-order valence-corrected chi connectivity index (χ0v) is 82.9. The third-order valence-corrected chi connectivity index (χ3v) is 24.1. The molecular formula is C86H85B2Br7F5MgNaO13S2. The Bertz CT molecular complexity index is 4970. The summed E-state index contributed by atoms with van der Waals surface area (Å²) in [4.78, 5) is 47.3. The van der Waals surface area contributed by atoms with Crippen LogP contribution in [0.2, 0.25) is 0 Å². The fourth-order valence-electron chi connectivity index (χ4n) is 9.92. The molecule has 0 aromatic heterocycles. The molecule has 2 unspecified atom stereocenters. The number of rotatable bonds is 15. The number of carbonyl (C=O) groups is 4. The molecular weight excluding hydrogens is 2030 g/mol. The Labute approximate surface area is 785 Å². The van der Waals surface area contributed by atoms with Gasteiger partial charge in [-0.25, -0.2) is 30.4 Å². The van der Waals surface area contributed by atoms with Crippen molar-refractivity contribution in [1.82, 2.24) is 0 Å². The summed E-state index contributed by atoms with van der Waals surface area (Å²) in [7, 11) is -4.13. The monoisotopic (exact) mass is 2110 g/mol. The molecule has 2 aliphatic rings. The van der Waals surface area contributed by atoms with Gasteiger partial charge in [0.05, 0.1) is 28.2 Å². The van der Waals surface area contributed by atoms with Crippen LogP contribution in [0.15, 0.2) is 235 Å². The second-order valence-corrected chi connectivity index (χ2v) is 36.0. The first-order valence-corrected chi connectivity index (χ1v) is 43.3. The van der Waals surface area contributed by atoms with Gasteiger partial charge in [-0.1, -0.05) is 186 Å². The van der Waals surface area contributed by atoms with E-state index in [0.29, 0.717) is 59.9 Å². The first-order valence-electron chi connectivity index (χ1n) is 35.2. The van der Waals surface area contributed by atoms with Crippen molar-refractivity contribution in [3.8, 4) is 0 Å². The Hall–Kier alpha value is -4.35. The predicted octanol–water partition coefficient (Wildman–Crippen LogP) is 16.5. The van der Waals surface area contributed by atoms with Crippen molar-refractivity contribution < 1.29 is 129 Å². The van der Waals surface area contributed by atoms with Crippen LogP contribution in [0.1, 0.15) is 172 Å². The molecule has 2 aliphatic heterocycles. The Morgan fingerprint density at radius 1 is 0.496 bits per heavy atom. The van der Waals surface area contributed by atoms with Gasteiger partial charge >= 0.3 is 66.6 Å². The van der Waals surface area contributed by atoms with Gasteiger partial charge < -0.3 is 45.3 Å². The smallest absolute Gasteiger partial charge is 1.00 e. The number of halogens is 12. The second kappa shape index (κ2) is 51.0. The average Bonchev–Trinajstić information content (AvgIpc) is 1.60. The number of benzene rings is 10. The van der Waals surface area contributed by atoms with Crippen molar-refractivity contribution in [1.29, 1.82) is 0 Å². The molecule has 13 nitrogen and oxygen atoms in total. The van der Waals surface area contributed by atoms with Gasteiger partial charge in [0, 0.05) is 84.0 Å². The zero-order chi connectivity index (χ0) is 85.2. The first-order chi connectivity index (χ1) is 53.4. The Balaban J connectivity index is 0.000000464. The van der Waals surface area contributed by atoms with Gasteiger partial charge in [0.15, 0.2) is 33.5 Å². The summed E-state index contributed by atoms with van der Waals surface area (Å²) >= 11 is 18.2. The molecule has 117 heavy (non-hydrogen) atoms. The molecule has 0 bridgehead atoms. The van der Waals surface area contributed by atoms with E-state index in [1.165, 1.54) is 109 Å². The fourth-order valence-corrected chi connectivity index (χ4v) is 13.2. The number of aliphatic hydroxyl groups is 1. The number of aliphatic hydroxyl groups excluding tert-OH is 1. The SMILES string of the molecule is CC1(C)OB(B2OC(C)(C)C(C)(C)O2)OC1(C)C.CCS(=O)(=O)Cc1ccc(Br)c(C(=O)c2ccc(F)cc2)c1.CCS(=O)[O-].Cc1ccc(Br)c(C(=O)c2ccc(F)cc2)c1.Cc1ccc(Br)c(C(O)c2ccc(F)cc2)c1.Cc1ccc(Br)c(C=O)c1.Fc1cc[c-]cc1.O=C(c1ccc(F)cc1)c1cc(CBr)ccc1Br.[Br-].[Mg+2].[Na+]. The topological polar surface area (TPSA) is 200 Å². The summed E-state index contributed by atoms with van der Waals surface area (Å²) in [6.45, 7) is 25.2. The molecule has 612 valence electrons. The molecule has 12 rings (SSSR count). The molecule has 0 saturated carbocycles. The molecule has 31 heteroatoms. The van der Waals surface area contributed by atoms with Gasteiger partial charge in [0.25, 0.3) is 0 Å². The van der Waals surface area contributed by atoms with Crippen molar-refractivity contribution >= 4 is 177 Å². The molecule has 2 fully saturated rings. The van der Waals surface area contributed by atoms with Gasteiger partial charge in [0.2, 0.25) is 0 Å². The van der Waals surface area contributed by atoms with E-state index in [0.717, 1.165) is 52.0 Å². The summed E-state index contributed by atoms with van der Waals surface area (Å²) in [5.74, 6) is -1.98. The molecule has 2 atom stereocenters. The van der Waals surface area contributed by atoms with E-state index in [-0.39, 0.29) is 150 Å². The normalized spacial score (nSPS) is 13.9. The standard InChI is InChI=1S/C16H14BrFO3S.C14H9Br2FO.C14H12BrFO.C14H10BrFO.C12H24B2O4.C8H7BrO.C6H4F.C2H6O2S.BrH.Mg.Na/c1-2-22(20,21)10-11-3-8-15(17)14(9-11)16(19)12-4-6-13(18)7-5-12;15-8-9-1-6-13(16)12(7-9)14(18)10-2-4-11(17)5-3-10;2*1-9-2-7-13(15)12(8-9)14(17)10-3-5-11(16)6-4-10;1-9(2)10(3,4)16-13(15-9)14-17-11(5,6)12(7,8)18-14;1-6-2-3-8(9)7(4-6)5-10;7-6-4-2-1-3-5-6;1-2-5(3)4;;;/h3-9H,2,10H2,1H3;1-7H,8H2;2-8,14,17H,1H3;2-8H,1H3;1-8H3;2-5H,1H3;2-5H;2H2,1H3,(H,3,4);1H;;/q;;;;;;-1;;;+2;+1/p-2. The van der Waals surface area contributed by atoms with Crippen LogP contribution < -0.4 is 46.5 Å². The number of alkyl halides is 1. The quantitative estimate of drug-likeness (QED) is 0.0193. The number of sulfone groups is 1. The maximum Gasteiger partial charge on any atom is 2.00 e. The molecule has 1 N–H and O–H groups in total. The summed E-state index contributed by atoms with van der Waals surface area (Å²) in [6, 6.07) is 58.2. The fraction of sp³-hybridized carbons (Fsp3) is 0.256. The van der Waals surface area contributed by atoms with E-state index in [9.17, 15) is 63.4 Å². The maximum absolute atomic E-state index is 12.9. The van der Waals surface area contributed by atoms with Crippen molar-refractivity contribution in [2.45, 2.75) is 130 Å². The summed E-state index contributed by atoms with van der Waals surface area (Å²) < 4.78 is 133. The van der Waals surface area contributed by atoms with E-state index in [4.69, 9.17) is 18.6 Å². The average molecular weight is 2110 g/mol. The summed E-state index contributed by atoms with van der Waals surface area (Å²) in [6.07, 6.45) is 0.0988. The summed E-state index contributed by atoms with van der Waals surface area (Å²) in [5.41, 5.74) is 8.33. The molecule has 2 heterocycles. The van der Waals surface area contributed by atoms with Gasteiger partial charge in [-0.3, -0.25) is 23.4 Å². The van der Waals surface area contributed by atoms with Crippen molar-refractivity contribution in [2.24, 2.45) is 0 Å². The number of hydrogen-bond donors (Lipinski definition) is 1. The van der Waals surface area contributed by atoms with E-state index in [1.54, 1.807) is 44.2 Å².